The molecule has 1 atom stereocenters. The summed E-state index contributed by atoms with van der Waals surface area (Å²) in [6, 6.07) is 9.09. The normalized spacial score (nSPS) is 21.2. The summed E-state index contributed by atoms with van der Waals surface area (Å²) in [6.07, 6.45) is 5.51. The summed E-state index contributed by atoms with van der Waals surface area (Å²) < 4.78 is 5.66. The lowest BCUT2D eigenvalue weighted by molar-refractivity contribution is 0.242. The van der Waals surface area contributed by atoms with E-state index in [9.17, 15) is 0 Å². The molecule has 0 radical (unpaired) electrons. The van der Waals surface area contributed by atoms with Gasteiger partial charge in [-0.05, 0) is 50.9 Å². The second-order valence-corrected chi connectivity index (χ2v) is 5.09. The molecule has 1 N–H and O–H groups in total. The number of benzene rings is 1. The Balaban J connectivity index is 2.00. The predicted octanol–water partition coefficient (Wildman–Crippen LogP) is 3.68. The van der Waals surface area contributed by atoms with E-state index >= 15 is 0 Å². The lowest BCUT2D eigenvalue weighted by Crippen LogP contribution is -2.20. The Bertz CT molecular complexity index is 323. The van der Waals surface area contributed by atoms with Crippen molar-refractivity contribution in [2.75, 3.05) is 6.54 Å². The summed E-state index contributed by atoms with van der Waals surface area (Å²) in [6.45, 7) is 5.26. The molecule has 1 unspecified atom stereocenters. The van der Waals surface area contributed by atoms with Crippen molar-refractivity contribution in [3.05, 3.63) is 29.8 Å². The fourth-order valence-electron chi connectivity index (χ4n) is 2.36. The van der Waals surface area contributed by atoms with Gasteiger partial charge in [0.15, 0.2) is 0 Å². The number of hydrogen-bond donors (Lipinski definition) is 1. The molecule has 94 valence electrons. The average Bonchev–Trinajstić information content (AvgIpc) is 2.58. The van der Waals surface area contributed by atoms with E-state index in [2.05, 4.69) is 43.4 Å². The first kappa shape index (κ1) is 12.4. The van der Waals surface area contributed by atoms with Gasteiger partial charge in [0, 0.05) is 6.04 Å². The van der Waals surface area contributed by atoms with Gasteiger partial charge < -0.3 is 10.1 Å². The molecule has 0 saturated carbocycles. The maximum atomic E-state index is 5.66. The molecule has 2 heteroatoms. The summed E-state index contributed by atoms with van der Waals surface area (Å²) in [5, 5.41) is 3.62. The van der Waals surface area contributed by atoms with Crippen molar-refractivity contribution in [3.8, 4) is 5.75 Å². The van der Waals surface area contributed by atoms with Gasteiger partial charge in [-0.3, -0.25) is 0 Å². The number of ether oxygens (including phenoxy) is 1. The van der Waals surface area contributed by atoms with Crippen molar-refractivity contribution in [2.24, 2.45) is 0 Å². The molecule has 1 fully saturated rings. The summed E-state index contributed by atoms with van der Waals surface area (Å²) in [4.78, 5) is 0. The number of rotatable bonds is 3. The van der Waals surface area contributed by atoms with Crippen LogP contribution in [0, 0.1) is 0 Å². The van der Waals surface area contributed by atoms with E-state index in [1.807, 2.05) is 0 Å². The highest BCUT2D eigenvalue weighted by Gasteiger charge is 2.13. The Kier molecular flexibility index (Phi) is 4.43. The van der Waals surface area contributed by atoms with Crippen LogP contribution in [0.3, 0.4) is 0 Å². The molecule has 0 spiro atoms. The van der Waals surface area contributed by atoms with Gasteiger partial charge in [0.2, 0.25) is 0 Å². The average molecular weight is 233 g/mol. The zero-order valence-corrected chi connectivity index (χ0v) is 10.9. The highest BCUT2D eigenvalue weighted by molar-refractivity contribution is 5.29. The van der Waals surface area contributed by atoms with Crippen molar-refractivity contribution in [2.45, 2.75) is 51.7 Å². The minimum atomic E-state index is 0.247. The second-order valence-electron chi connectivity index (χ2n) is 5.09. The third kappa shape index (κ3) is 3.74. The third-order valence-corrected chi connectivity index (χ3v) is 3.21. The van der Waals surface area contributed by atoms with Gasteiger partial charge in [-0.1, -0.05) is 25.0 Å². The quantitative estimate of drug-likeness (QED) is 0.860. The fourth-order valence-corrected chi connectivity index (χ4v) is 2.36. The zero-order valence-electron chi connectivity index (χ0n) is 10.9. The van der Waals surface area contributed by atoms with Gasteiger partial charge in [-0.15, -0.1) is 0 Å². The standard InChI is InChI=1S/C15H23NO/c1-12(2)17-14-9-7-13(8-10-14)15-6-4-3-5-11-16-15/h7-10,12,15-16H,3-6,11H2,1-2H3. The topological polar surface area (TPSA) is 21.3 Å². The van der Waals surface area contributed by atoms with Gasteiger partial charge in [0.1, 0.15) is 5.75 Å². The first-order valence-corrected chi connectivity index (χ1v) is 6.76. The molecule has 0 amide bonds. The second kappa shape index (κ2) is 6.06. The Hall–Kier alpha value is -1.02. The van der Waals surface area contributed by atoms with Crippen molar-refractivity contribution >= 4 is 0 Å². The Morgan fingerprint density at radius 3 is 2.59 bits per heavy atom. The molecule has 1 heterocycles. The van der Waals surface area contributed by atoms with Gasteiger partial charge in [0.05, 0.1) is 6.10 Å². The maximum Gasteiger partial charge on any atom is 0.119 e. The zero-order chi connectivity index (χ0) is 12.1. The van der Waals surface area contributed by atoms with Gasteiger partial charge in [0.25, 0.3) is 0 Å². The third-order valence-electron chi connectivity index (χ3n) is 3.21. The van der Waals surface area contributed by atoms with Gasteiger partial charge in [-0.2, -0.15) is 0 Å². The Morgan fingerprint density at radius 1 is 1.12 bits per heavy atom. The summed E-state index contributed by atoms with van der Waals surface area (Å²) in [7, 11) is 0. The predicted molar refractivity (Wildman–Crippen MR) is 71.4 cm³/mol. The molecule has 0 bridgehead atoms. The van der Waals surface area contributed by atoms with E-state index in [0.29, 0.717) is 6.04 Å². The molecule has 2 rings (SSSR count). The molecular weight excluding hydrogens is 210 g/mol. The molecule has 1 aromatic carbocycles. The maximum absolute atomic E-state index is 5.66. The highest BCUT2D eigenvalue weighted by atomic mass is 16.5. The van der Waals surface area contributed by atoms with E-state index in [4.69, 9.17) is 4.74 Å². The monoisotopic (exact) mass is 233 g/mol. The highest BCUT2D eigenvalue weighted by Crippen LogP contribution is 2.24. The van der Waals surface area contributed by atoms with Crippen molar-refractivity contribution in [1.29, 1.82) is 0 Å². The van der Waals surface area contributed by atoms with Crippen LogP contribution in [-0.2, 0) is 0 Å². The van der Waals surface area contributed by atoms with Crippen LogP contribution in [-0.4, -0.2) is 12.6 Å². The van der Waals surface area contributed by atoms with Crippen LogP contribution < -0.4 is 10.1 Å². The van der Waals surface area contributed by atoms with Gasteiger partial charge in [-0.25, -0.2) is 0 Å². The van der Waals surface area contributed by atoms with Crippen LogP contribution in [0.15, 0.2) is 24.3 Å². The fraction of sp³-hybridized carbons (Fsp3) is 0.600. The van der Waals surface area contributed by atoms with Crippen LogP contribution in [0.5, 0.6) is 5.75 Å². The van der Waals surface area contributed by atoms with E-state index in [-0.39, 0.29) is 6.10 Å². The Morgan fingerprint density at radius 2 is 1.88 bits per heavy atom. The van der Waals surface area contributed by atoms with Crippen molar-refractivity contribution < 1.29 is 4.74 Å². The van der Waals surface area contributed by atoms with Crippen LogP contribution in [0.4, 0.5) is 0 Å². The van der Waals surface area contributed by atoms with Crippen LogP contribution in [0.2, 0.25) is 0 Å². The molecule has 0 aliphatic carbocycles. The SMILES string of the molecule is CC(C)Oc1ccc(C2CCCCCN2)cc1. The van der Waals surface area contributed by atoms with E-state index in [0.717, 1.165) is 12.3 Å². The lowest BCUT2D eigenvalue weighted by atomic mass is 10.0. The molecule has 1 aliphatic rings. The number of nitrogens with one attached hydrogen (secondary N) is 1. The van der Waals surface area contributed by atoms with Crippen molar-refractivity contribution in [3.63, 3.8) is 0 Å². The first-order chi connectivity index (χ1) is 8.25. The molecule has 17 heavy (non-hydrogen) atoms. The molecular formula is C15H23NO. The molecule has 2 nitrogen and oxygen atoms in total. The number of hydrogen-bond acceptors (Lipinski definition) is 2. The summed E-state index contributed by atoms with van der Waals surface area (Å²) in [5.41, 5.74) is 1.39. The van der Waals surface area contributed by atoms with Crippen molar-refractivity contribution in [1.82, 2.24) is 5.32 Å². The summed E-state index contributed by atoms with van der Waals surface area (Å²) in [5.74, 6) is 0.970. The summed E-state index contributed by atoms with van der Waals surface area (Å²) >= 11 is 0. The molecule has 0 aromatic heterocycles. The minimum absolute atomic E-state index is 0.247. The molecule has 1 saturated heterocycles. The van der Waals surface area contributed by atoms with E-state index in [1.165, 1.54) is 31.2 Å². The van der Waals surface area contributed by atoms with E-state index < -0.39 is 0 Å². The minimum Gasteiger partial charge on any atom is -0.491 e. The lowest BCUT2D eigenvalue weighted by Gasteiger charge is -2.17. The van der Waals surface area contributed by atoms with Crippen LogP contribution in [0.25, 0.3) is 0 Å². The van der Waals surface area contributed by atoms with Gasteiger partial charge >= 0.3 is 0 Å². The molecule has 1 aliphatic heterocycles. The largest absolute Gasteiger partial charge is 0.491 e. The van der Waals surface area contributed by atoms with Crippen LogP contribution in [0.1, 0.15) is 51.1 Å². The smallest absolute Gasteiger partial charge is 0.119 e. The molecule has 1 aromatic rings. The van der Waals surface area contributed by atoms with E-state index in [1.54, 1.807) is 0 Å². The Labute approximate surface area is 104 Å². The first-order valence-electron chi connectivity index (χ1n) is 6.76. The van der Waals surface area contributed by atoms with Crippen LogP contribution >= 0.6 is 0 Å².